The number of nitrogens with one attached hydrogen (secondary N) is 2. The van der Waals surface area contributed by atoms with Crippen LogP contribution in [-0.4, -0.2) is 13.1 Å². The number of hydrogen-bond acceptors (Lipinski definition) is 2. The Hall–Kier alpha value is -1.80. The van der Waals surface area contributed by atoms with Gasteiger partial charge in [0, 0.05) is 25.3 Å². The van der Waals surface area contributed by atoms with Gasteiger partial charge in [-0.05, 0) is 24.6 Å². The zero-order valence-corrected chi connectivity index (χ0v) is 10.8. The number of hydrogen-bond donors (Lipinski definition) is 2. The van der Waals surface area contributed by atoms with E-state index in [0.717, 1.165) is 19.6 Å². The summed E-state index contributed by atoms with van der Waals surface area (Å²) in [5, 5.41) is 6.82. The first-order chi connectivity index (χ1) is 8.84. The molecule has 0 atom stereocenters. The van der Waals surface area contributed by atoms with Crippen LogP contribution in [0.4, 0.5) is 5.69 Å². The third-order valence-corrected chi connectivity index (χ3v) is 2.85. The van der Waals surface area contributed by atoms with E-state index in [0.29, 0.717) is 0 Å². The molecule has 0 saturated heterocycles. The molecule has 0 fully saturated rings. The normalized spacial score (nSPS) is 10.3. The van der Waals surface area contributed by atoms with E-state index in [-0.39, 0.29) is 0 Å². The number of anilines is 1. The van der Waals surface area contributed by atoms with Gasteiger partial charge < -0.3 is 10.6 Å². The lowest BCUT2D eigenvalue weighted by molar-refractivity contribution is 0.707. The van der Waals surface area contributed by atoms with E-state index < -0.39 is 0 Å². The summed E-state index contributed by atoms with van der Waals surface area (Å²) in [5.41, 5.74) is 3.80. The van der Waals surface area contributed by atoms with Crippen LogP contribution < -0.4 is 10.6 Å². The number of benzene rings is 2. The first-order valence-corrected chi connectivity index (χ1v) is 6.40. The van der Waals surface area contributed by atoms with Crippen molar-refractivity contribution in [3.63, 3.8) is 0 Å². The topological polar surface area (TPSA) is 24.1 Å². The Bertz CT molecular complexity index is 448. The Morgan fingerprint density at radius 1 is 0.833 bits per heavy atom. The largest absolute Gasteiger partial charge is 0.384 e. The van der Waals surface area contributed by atoms with Gasteiger partial charge in [-0.1, -0.05) is 48.0 Å². The summed E-state index contributed by atoms with van der Waals surface area (Å²) >= 11 is 0. The van der Waals surface area contributed by atoms with Crippen molar-refractivity contribution in [2.24, 2.45) is 0 Å². The fraction of sp³-hybridized carbons (Fsp3) is 0.250. The molecule has 0 aromatic heterocycles. The predicted octanol–water partition coefficient (Wildman–Crippen LogP) is 3.20. The molecule has 0 saturated carbocycles. The van der Waals surface area contributed by atoms with Crippen molar-refractivity contribution in [2.75, 3.05) is 18.4 Å². The van der Waals surface area contributed by atoms with Crippen molar-refractivity contribution < 1.29 is 0 Å². The van der Waals surface area contributed by atoms with Crippen LogP contribution in [0.15, 0.2) is 54.6 Å². The molecule has 2 nitrogen and oxygen atoms in total. The van der Waals surface area contributed by atoms with Gasteiger partial charge in [0.1, 0.15) is 0 Å². The van der Waals surface area contributed by atoms with E-state index in [1.165, 1.54) is 16.8 Å². The molecular formula is C16H20N2. The molecular weight excluding hydrogens is 220 g/mol. The maximum atomic E-state index is 3.42. The van der Waals surface area contributed by atoms with Gasteiger partial charge in [-0.2, -0.15) is 0 Å². The Balaban J connectivity index is 1.63. The van der Waals surface area contributed by atoms with E-state index >= 15 is 0 Å². The average Bonchev–Trinajstić information content (AvgIpc) is 2.42. The Kier molecular flexibility index (Phi) is 4.79. The first-order valence-electron chi connectivity index (χ1n) is 6.40. The monoisotopic (exact) mass is 240 g/mol. The summed E-state index contributed by atoms with van der Waals surface area (Å²) in [6.45, 7) is 4.93. The minimum absolute atomic E-state index is 0.927. The molecule has 2 rings (SSSR count). The molecule has 18 heavy (non-hydrogen) atoms. The summed E-state index contributed by atoms with van der Waals surface area (Å²) in [7, 11) is 0. The smallest absolute Gasteiger partial charge is 0.0340 e. The molecule has 0 aliphatic carbocycles. The second-order valence-electron chi connectivity index (χ2n) is 4.46. The highest BCUT2D eigenvalue weighted by molar-refractivity contribution is 5.44. The molecule has 2 heteroatoms. The van der Waals surface area contributed by atoms with Crippen LogP contribution >= 0.6 is 0 Å². The number of rotatable bonds is 6. The highest BCUT2D eigenvalue weighted by atomic mass is 14.9. The molecule has 0 aliphatic rings. The van der Waals surface area contributed by atoms with Gasteiger partial charge in [0.2, 0.25) is 0 Å². The molecule has 2 N–H and O–H groups in total. The fourth-order valence-corrected chi connectivity index (χ4v) is 1.80. The molecule has 0 unspecified atom stereocenters. The van der Waals surface area contributed by atoms with Crippen LogP contribution in [0.25, 0.3) is 0 Å². The molecule has 0 radical (unpaired) electrons. The summed E-state index contributed by atoms with van der Waals surface area (Å²) < 4.78 is 0. The van der Waals surface area contributed by atoms with E-state index in [4.69, 9.17) is 0 Å². The molecule has 94 valence electrons. The minimum atomic E-state index is 0.927. The predicted molar refractivity (Wildman–Crippen MR) is 77.8 cm³/mol. The van der Waals surface area contributed by atoms with Crippen molar-refractivity contribution in [3.8, 4) is 0 Å². The van der Waals surface area contributed by atoms with Crippen LogP contribution in [0.1, 0.15) is 11.1 Å². The van der Waals surface area contributed by atoms with E-state index in [2.05, 4.69) is 66.1 Å². The third kappa shape index (κ3) is 4.22. The van der Waals surface area contributed by atoms with Gasteiger partial charge in [-0.15, -0.1) is 0 Å². The average molecular weight is 240 g/mol. The lowest BCUT2D eigenvalue weighted by Crippen LogP contribution is -2.21. The number of aryl methyl sites for hydroxylation is 1. The van der Waals surface area contributed by atoms with Gasteiger partial charge in [-0.3, -0.25) is 0 Å². The standard InChI is InChI=1S/C16H20N2/c1-14-7-9-16(10-8-14)18-12-11-17-13-15-5-3-2-4-6-15/h2-10,17-18H,11-13H2,1H3. The maximum Gasteiger partial charge on any atom is 0.0340 e. The molecule has 0 heterocycles. The summed E-state index contributed by atoms with van der Waals surface area (Å²) in [5.74, 6) is 0. The Morgan fingerprint density at radius 3 is 2.28 bits per heavy atom. The van der Waals surface area contributed by atoms with Crippen LogP contribution in [-0.2, 0) is 6.54 Å². The van der Waals surface area contributed by atoms with Gasteiger partial charge in [0.05, 0.1) is 0 Å². The lowest BCUT2D eigenvalue weighted by Gasteiger charge is -2.08. The Labute approximate surface area is 109 Å². The molecule has 0 bridgehead atoms. The second kappa shape index (κ2) is 6.82. The Morgan fingerprint density at radius 2 is 1.56 bits per heavy atom. The van der Waals surface area contributed by atoms with Gasteiger partial charge in [0.25, 0.3) is 0 Å². The third-order valence-electron chi connectivity index (χ3n) is 2.85. The maximum absolute atomic E-state index is 3.42. The SMILES string of the molecule is Cc1ccc(NCCNCc2ccccc2)cc1. The minimum Gasteiger partial charge on any atom is -0.384 e. The van der Waals surface area contributed by atoms with Crippen molar-refractivity contribution in [1.29, 1.82) is 0 Å². The zero-order chi connectivity index (χ0) is 12.6. The van der Waals surface area contributed by atoms with Gasteiger partial charge in [-0.25, -0.2) is 0 Å². The quantitative estimate of drug-likeness (QED) is 0.758. The first kappa shape index (κ1) is 12.7. The molecule has 0 aliphatic heterocycles. The van der Waals surface area contributed by atoms with Crippen LogP contribution in [0.2, 0.25) is 0 Å². The van der Waals surface area contributed by atoms with Crippen molar-refractivity contribution in [2.45, 2.75) is 13.5 Å². The van der Waals surface area contributed by atoms with E-state index in [1.807, 2.05) is 6.07 Å². The molecule has 0 amide bonds. The second-order valence-corrected chi connectivity index (χ2v) is 4.46. The molecule has 2 aromatic carbocycles. The summed E-state index contributed by atoms with van der Waals surface area (Å²) in [6.07, 6.45) is 0. The fourth-order valence-electron chi connectivity index (χ4n) is 1.80. The van der Waals surface area contributed by atoms with E-state index in [9.17, 15) is 0 Å². The van der Waals surface area contributed by atoms with Crippen LogP contribution in [0.3, 0.4) is 0 Å². The summed E-state index contributed by atoms with van der Waals surface area (Å²) in [6, 6.07) is 18.9. The van der Waals surface area contributed by atoms with Crippen molar-refractivity contribution in [1.82, 2.24) is 5.32 Å². The van der Waals surface area contributed by atoms with Crippen molar-refractivity contribution in [3.05, 3.63) is 65.7 Å². The molecule has 0 spiro atoms. The highest BCUT2D eigenvalue weighted by Crippen LogP contribution is 2.07. The van der Waals surface area contributed by atoms with Crippen molar-refractivity contribution >= 4 is 5.69 Å². The van der Waals surface area contributed by atoms with Gasteiger partial charge >= 0.3 is 0 Å². The summed E-state index contributed by atoms with van der Waals surface area (Å²) in [4.78, 5) is 0. The van der Waals surface area contributed by atoms with Gasteiger partial charge in [0.15, 0.2) is 0 Å². The lowest BCUT2D eigenvalue weighted by atomic mass is 10.2. The van der Waals surface area contributed by atoms with Crippen LogP contribution in [0, 0.1) is 6.92 Å². The highest BCUT2D eigenvalue weighted by Gasteiger charge is 1.92. The zero-order valence-electron chi connectivity index (χ0n) is 10.8. The van der Waals surface area contributed by atoms with E-state index in [1.54, 1.807) is 0 Å². The van der Waals surface area contributed by atoms with Crippen LogP contribution in [0.5, 0.6) is 0 Å². The molecule has 2 aromatic rings.